The fourth-order valence-corrected chi connectivity index (χ4v) is 2.92. The van der Waals surface area contributed by atoms with Crippen LogP contribution in [0.3, 0.4) is 0 Å². The highest BCUT2D eigenvalue weighted by molar-refractivity contribution is 5.67. The lowest BCUT2D eigenvalue weighted by Crippen LogP contribution is -2.10. The van der Waals surface area contributed by atoms with E-state index in [1.54, 1.807) is 14.2 Å². The van der Waals surface area contributed by atoms with E-state index in [2.05, 4.69) is 53.5 Å². The van der Waals surface area contributed by atoms with Gasteiger partial charge in [0, 0.05) is 23.5 Å². The van der Waals surface area contributed by atoms with Gasteiger partial charge in [-0.2, -0.15) is 4.98 Å². The summed E-state index contributed by atoms with van der Waals surface area (Å²) >= 11 is 0. The summed E-state index contributed by atoms with van der Waals surface area (Å²) in [7, 11) is 3.26. The Kier molecular flexibility index (Phi) is 5.92. The number of benzene rings is 2. The molecule has 3 rings (SSSR count). The molecule has 0 saturated carbocycles. The van der Waals surface area contributed by atoms with Crippen LogP contribution in [0.4, 0.5) is 23.1 Å². The van der Waals surface area contributed by atoms with Crippen LogP contribution in [0.5, 0.6) is 11.5 Å². The number of hydrogen-bond acceptors (Lipinski definition) is 6. The van der Waals surface area contributed by atoms with Gasteiger partial charge < -0.3 is 20.1 Å². The normalized spacial score (nSPS) is 11.1. The molecule has 0 bridgehead atoms. The molecule has 2 N–H and O–H groups in total. The number of ether oxygens (including phenoxy) is 2. The Labute approximate surface area is 172 Å². The van der Waals surface area contributed by atoms with Crippen molar-refractivity contribution >= 4 is 23.1 Å². The smallest absolute Gasteiger partial charge is 0.229 e. The molecule has 0 fully saturated rings. The molecule has 0 unspecified atom stereocenters. The van der Waals surface area contributed by atoms with Crippen molar-refractivity contribution in [2.24, 2.45) is 0 Å². The summed E-state index contributed by atoms with van der Waals surface area (Å²) in [6.07, 6.45) is 0. The molecule has 0 spiro atoms. The lowest BCUT2D eigenvalue weighted by atomic mass is 9.87. The van der Waals surface area contributed by atoms with Gasteiger partial charge in [-0.05, 0) is 42.2 Å². The van der Waals surface area contributed by atoms with E-state index >= 15 is 0 Å². The van der Waals surface area contributed by atoms with Gasteiger partial charge in [-0.15, -0.1) is 0 Å². The van der Waals surface area contributed by atoms with Gasteiger partial charge >= 0.3 is 0 Å². The summed E-state index contributed by atoms with van der Waals surface area (Å²) in [6.45, 7) is 8.53. The minimum atomic E-state index is 0.116. The average molecular weight is 393 g/mol. The molecule has 0 saturated heterocycles. The number of nitrogens with one attached hydrogen (secondary N) is 2. The molecule has 0 radical (unpaired) electrons. The van der Waals surface area contributed by atoms with Crippen LogP contribution >= 0.6 is 0 Å². The summed E-state index contributed by atoms with van der Waals surface area (Å²) in [6, 6.07) is 15.8. The number of methoxy groups -OCH3 is 2. The van der Waals surface area contributed by atoms with E-state index in [0.717, 1.165) is 22.8 Å². The van der Waals surface area contributed by atoms with Crippen molar-refractivity contribution < 1.29 is 9.47 Å². The second-order valence-electron chi connectivity index (χ2n) is 7.86. The van der Waals surface area contributed by atoms with Crippen LogP contribution in [0, 0.1) is 6.92 Å². The summed E-state index contributed by atoms with van der Waals surface area (Å²) in [5.41, 5.74) is 3.95. The van der Waals surface area contributed by atoms with Crippen molar-refractivity contribution in [1.82, 2.24) is 9.97 Å². The lowest BCUT2D eigenvalue weighted by Gasteiger charge is -2.19. The number of aryl methyl sites for hydroxylation is 1. The highest BCUT2D eigenvalue weighted by atomic mass is 16.5. The fourth-order valence-electron chi connectivity index (χ4n) is 2.92. The molecule has 1 aromatic heterocycles. The number of anilines is 4. The maximum atomic E-state index is 5.43. The monoisotopic (exact) mass is 392 g/mol. The van der Waals surface area contributed by atoms with Crippen molar-refractivity contribution in [1.29, 1.82) is 0 Å². The minimum Gasteiger partial charge on any atom is -0.497 e. The van der Waals surface area contributed by atoms with Crippen molar-refractivity contribution in [3.8, 4) is 11.5 Å². The predicted molar refractivity (Wildman–Crippen MR) is 118 cm³/mol. The Balaban J connectivity index is 1.83. The Hall–Kier alpha value is -3.28. The van der Waals surface area contributed by atoms with E-state index in [-0.39, 0.29) is 5.41 Å². The molecule has 152 valence electrons. The van der Waals surface area contributed by atoms with Crippen LogP contribution in [0.25, 0.3) is 0 Å². The molecule has 0 aliphatic rings. The van der Waals surface area contributed by atoms with Crippen LogP contribution in [-0.4, -0.2) is 24.2 Å². The van der Waals surface area contributed by atoms with Crippen LogP contribution < -0.4 is 20.1 Å². The number of rotatable bonds is 6. The van der Waals surface area contributed by atoms with Gasteiger partial charge in [-0.3, -0.25) is 0 Å². The largest absolute Gasteiger partial charge is 0.497 e. The van der Waals surface area contributed by atoms with E-state index in [1.807, 2.05) is 43.3 Å². The molecule has 6 nitrogen and oxygen atoms in total. The first-order chi connectivity index (χ1) is 13.8. The Morgan fingerprint density at radius 1 is 0.828 bits per heavy atom. The molecule has 6 heteroatoms. The van der Waals surface area contributed by atoms with Gasteiger partial charge in [0.1, 0.15) is 17.3 Å². The number of nitrogens with zero attached hydrogens (tertiary/aromatic N) is 2. The lowest BCUT2D eigenvalue weighted by molar-refractivity contribution is 0.405. The van der Waals surface area contributed by atoms with Crippen LogP contribution in [0.1, 0.15) is 32.0 Å². The quantitative estimate of drug-likeness (QED) is 0.570. The van der Waals surface area contributed by atoms with E-state index in [4.69, 9.17) is 9.47 Å². The maximum absolute atomic E-state index is 5.43. The van der Waals surface area contributed by atoms with Gasteiger partial charge in [0.15, 0.2) is 0 Å². The van der Waals surface area contributed by atoms with E-state index in [1.165, 1.54) is 5.56 Å². The van der Waals surface area contributed by atoms with E-state index in [0.29, 0.717) is 17.5 Å². The van der Waals surface area contributed by atoms with E-state index < -0.39 is 0 Å². The van der Waals surface area contributed by atoms with Gasteiger partial charge in [0.2, 0.25) is 5.95 Å². The minimum absolute atomic E-state index is 0.116. The van der Waals surface area contributed by atoms with Gasteiger partial charge in [0.05, 0.1) is 19.9 Å². The van der Waals surface area contributed by atoms with Crippen LogP contribution in [-0.2, 0) is 5.41 Å². The van der Waals surface area contributed by atoms with Gasteiger partial charge in [-0.1, -0.05) is 32.9 Å². The standard InChI is InChI=1S/C23H28N4O2/c1-15-13-21(26-19-14-18(28-5)11-12-20(19)29-6)27-22(24-15)25-17-9-7-16(8-10-17)23(2,3)4/h7-14H,1-6H3,(H2,24,25,26,27). The molecule has 0 amide bonds. The Morgan fingerprint density at radius 2 is 1.55 bits per heavy atom. The topological polar surface area (TPSA) is 68.3 Å². The first-order valence-electron chi connectivity index (χ1n) is 9.51. The third-order valence-electron chi connectivity index (χ3n) is 4.53. The second kappa shape index (κ2) is 8.39. The second-order valence-corrected chi connectivity index (χ2v) is 7.86. The zero-order valence-corrected chi connectivity index (χ0v) is 17.8. The number of hydrogen-bond donors (Lipinski definition) is 2. The highest BCUT2D eigenvalue weighted by Crippen LogP contribution is 2.31. The first kappa shape index (κ1) is 20.5. The van der Waals surface area contributed by atoms with Crippen molar-refractivity contribution in [2.75, 3.05) is 24.9 Å². The summed E-state index contributed by atoms with van der Waals surface area (Å²) in [4.78, 5) is 9.10. The van der Waals surface area contributed by atoms with Crippen molar-refractivity contribution in [2.45, 2.75) is 33.1 Å². The molecule has 0 atom stereocenters. The SMILES string of the molecule is COc1ccc(OC)c(Nc2cc(C)nc(Nc3ccc(C(C)(C)C)cc3)n2)c1. The van der Waals surface area contributed by atoms with Crippen molar-refractivity contribution in [3.63, 3.8) is 0 Å². The zero-order valence-electron chi connectivity index (χ0n) is 17.8. The maximum Gasteiger partial charge on any atom is 0.229 e. The first-order valence-corrected chi connectivity index (χ1v) is 9.51. The molecule has 3 aromatic rings. The predicted octanol–water partition coefficient (Wildman–Crippen LogP) is 5.59. The molecule has 0 aliphatic heterocycles. The molecule has 0 aliphatic carbocycles. The van der Waals surface area contributed by atoms with Crippen LogP contribution in [0.2, 0.25) is 0 Å². The zero-order chi connectivity index (χ0) is 21.0. The summed E-state index contributed by atoms with van der Waals surface area (Å²) in [5, 5.41) is 6.58. The average Bonchev–Trinajstić information content (AvgIpc) is 2.67. The Morgan fingerprint density at radius 3 is 2.17 bits per heavy atom. The van der Waals surface area contributed by atoms with Gasteiger partial charge in [0.25, 0.3) is 0 Å². The Bertz CT molecular complexity index is 979. The highest BCUT2D eigenvalue weighted by Gasteiger charge is 2.13. The molecular formula is C23H28N4O2. The third-order valence-corrected chi connectivity index (χ3v) is 4.53. The number of aromatic nitrogens is 2. The summed E-state index contributed by atoms with van der Waals surface area (Å²) in [5.74, 6) is 2.63. The molecule has 2 aromatic carbocycles. The van der Waals surface area contributed by atoms with Crippen LogP contribution in [0.15, 0.2) is 48.5 Å². The molecule has 1 heterocycles. The van der Waals surface area contributed by atoms with Crippen molar-refractivity contribution in [3.05, 3.63) is 59.8 Å². The third kappa shape index (κ3) is 5.16. The fraction of sp³-hybridized carbons (Fsp3) is 0.304. The summed E-state index contributed by atoms with van der Waals surface area (Å²) < 4.78 is 10.7. The molecule has 29 heavy (non-hydrogen) atoms. The molecular weight excluding hydrogens is 364 g/mol. The van der Waals surface area contributed by atoms with E-state index in [9.17, 15) is 0 Å². The van der Waals surface area contributed by atoms with Gasteiger partial charge in [-0.25, -0.2) is 4.98 Å².